The van der Waals surface area contributed by atoms with E-state index >= 15 is 0 Å². The summed E-state index contributed by atoms with van der Waals surface area (Å²) < 4.78 is 19.2. The maximum Gasteiger partial charge on any atom is 0.344 e. The lowest BCUT2D eigenvalue weighted by molar-refractivity contribution is -0.672. The number of methoxy groups -OCH3 is 2. The van der Waals surface area contributed by atoms with Gasteiger partial charge in [-0.05, 0) is 35.8 Å². The molecule has 0 amide bonds. The number of ether oxygens (including phenoxy) is 2. The van der Waals surface area contributed by atoms with Crippen molar-refractivity contribution >= 4 is 17.5 Å². The summed E-state index contributed by atoms with van der Waals surface area (Å²) in [4.78, 5) is 9.50. The summed E-state index contributed by atoms with van der Waals surface area (Å²) in [5.74, 6) is 2.98. The number of allylic oxidation sites excluding steroid dienone is 5. The average Bonchev–Trinajstić information content (AvgIpc) is 3.29. The fraction of sp³-hybridized carbons (Fsp3) is 0.286. The zero-order chi connectivity index (χ0) is 25.7. The second-order valence-corrected chi connectivity index (χ2v) is 8.78. The van der Waals surface area contributed by atoms with E-state index in [1.54, 1.807) is 14.2 Å². The van der Waals surface area contributed by atoms with Crippen molar-refractivity contribution in [3.8, 4) is 0 Å². The molecule has 2 aromatic heterocycles. The molecule has 1 aliphatic rings. The number of rotatable bonds is 6. The SMILES string of the molecule is CO/C(=N\C1=CC=C(Cc2ccc(/N=C(\OC)c3n(C)cc[n+]3C)cc2)C=CC1)c1n(C)cc[n+]1C. The molecule has 2 heterocycles. The van der Waals surface area contributed by atoms with Crippen molar-refractivity contribution < 1.29 is 18.6 Å². The van der Waals surface area contributed by atoms with Crippen LogP contribution in [-0.2, 0) is 44.1 Å². The molecule has 8 heteroatoms. The van der Waals surface area contributed by atoms with Crippen LogP contribution < -0.4 is 9.13 Å². The highest BCUT2D eigenvalue weighted by Crippen LogP contribution is 2.20. The van der Waals surface area contributed by atoms with Crippen molar-refractivity contribution in [1.82, 2.24) is 9.13 Å². The third kappa shape index (κ3) is 5.54. The van der Waals surface area contributed by atoms with Crippen molar-refractivity contribution in [3.05, 3.63) is 102 Å². The van der Waals surface area contributed by atoms with E-state index in [4.69, 9.17) is 19.5 Å². The summed E-state index contributed by atoms with van der Waals surface area (Å²) in [6.45, 7) is 0. The van der Waals surface area contributed by atoms with Gasteiger partial charge in [-0.3, -0.25) is 0 Å². The van der Waals surface area contributed by atoms with Crippen molar-refractivity contribution in [2.45, 2.75) is 12.8 Å². The van der Waals surface area contributed by atoms with Crippen LogP contribution >= 0.6 is 0 Å². The molecular formula is C28H34N6O2+2. The van der Waals surface area contributed by atoms with Crippen LogP contribution in [0.25, 0.3) is 0 Å². The molecule has 8 nitrogen and oxygen atoms in total. The van der Waals surface area contributed by atoms with Crippen LogP contribution in [0.5, 0.6) is 0 Å². The zero-order valence-electron chi connectivity index (χ0n) is 21.8. The molecule has 0 spiro atoms. The second-order valence-electron chi connectivity index (χ2n) is 8.78. The summed E-state index contributed by atoms with van der Waals surface area (Å²) in [5.41, 5.74) is 4.22. The summed E-state index contributed by atoms with van der Waals surface area (Å²) in [6, 6.07) is 8.26. The van der Waals surface area contributed by atoms with Gasteiger partial charge in [0.2, 0.25) is 0 Å². The first-order chi connectivity index (χ1) is 17.4. The molecule has 4 rings (SSSR count). The Labute approximate surface area is 212 Å². The van der Waals surface area contributed by atoms with Gasteiger partial charge in [-0.25, -0.2) is 28.3 Å². The number of imidazole rings is 2. The van der Waals surface area contributed by atoms with Gasteiger partial charge in [0.25, 0.3) is 0 Å². The molecule has 0 atom stereocenters. The molecule has 0 radical (unpaired) electrons. The highest BCUT2D eigenvalue weighted by Gasteiger charge is 2.21. The summed E-state index contributed by atoms with van der Waals surface area (Å²) in [7, 11) is 11.2. The van der Waals surface area contributed by atoms with Crippen LogP contribution in [0.15, 0.2) is 94.6 Å². The highest BCUT2D eigenvalue weighted by molar-refractivity contribution is 5.91. The van der Waals surface area contributed by atoms with Gasteiger partial charge in [0.1, 0.15) is 24.8 Å². The molecule has 0 unspecified atom stereocenters. The largest absolute Gasteiger partial charge is 0.475 e. The fourth-order valence-electron chi connectivity index (χ4n) is 4.19. The van der Waals surface area contributed by atoms with E-state index in [9.17, 15) is 0 Å². The molecule has 36 heavy (non-hydrogen) atoms. The monoisotopic (exact) mass is 486 g/mol. The van der Waals surface area contributed by atoms with E-state index in [1.165, 1.54) is 11.1 Å². The number of aromatic nitrogens is 4. The van der Waals surface area contributed by atoms with Gasteiger partial charge in [-0.2, -0.15) is 0 Å². The minimum absolute atomic E-state index is 0.574. The minimum atomic E-state index is 0.574. The molecule has 186 valence electrons. The van der Waals surface area contributed by atoms with E-state index in [0.717, 1.165) is 35.9 Å². The van der Waals surface area contributed by atoms with Crippen molar-refractivity contribution in [3.63, 3.8) is 0 Å². The van der Waals surface area contributed by atoms with Gasteiger partial charge in [0.15, 0.2) is 0 Å². The van der Waals surface area contributed by atoms with E-state index in [0.29, 0.717) is 11.8 Å². The Balaban J connectivity index is 1.50. The van der Waals surface area contributed by atoms with Gasteiger partial charge < -0.3 is 9.47 Å². The molecule has 0 bridgehead atoms. The third-order valence-corrected chi connectivity index (χ3v) is 6.10. The Morgan fingerprint density at radius 1 is 0.861 bits per heavy atom. The maximum atomic E-state index is 5.61. The molecule has 0 N–H and O–H groups in total. The van der Waals surface area contributed by atoms with E-state index in [1.807, 2.05) is 83.4 Å². The van der Waals surface area contributed by atoms with Crippen LogP contribution in [0.4, 0.5) is 5.69 Å². The zero-order valence-corrected chi connectivity index (χ0v) is 21.8. The molecule has 0 fully saturated rings. The quantitative estimate of drug-likeness (QED) is 0.305. The number of hydrogen-bond donors (Lipinski definition) is 0. The number of benzene rings is 1. The fourth-order valence-corrected chi connectivity index (χ4v) is 4.19. The predicted molar refractivity (Wildman–Crippen MR) is 140 cm³/mol. The Morgan fingerprint density at radius 2 is 1.44 bits per heavy atom. The lowest BCUT2D eigenvalue weighted by atomic mass is 10.0. The Bertz CT molecular complexity index is 1340. The van der Waals surface area contributed by atoms with Crippen LogP contribution in [0, 0.1) is 0 Å². The predicted octanol–water partition coefficient (Wildman–Crippen LogP) is 3.14. The van der Waals surface area contributed by atoms with Crippen LogP contribution in [0.2, 0.25) is 0 Å². The third-order valence-electron chi connectivity index (χ3n) is 6.10. The molecule has 3 aromatic rings. The maximum absolute atomic E-state index is 5.61. The number of aliphatic imine (C=N–C) groups is 2. The van der Waals surface area contributed by atoms with Crippen molar-refractivity contribution in [2.75, 3.05) is 14.2 Å². The molecule has 0 aliphatic heterocycles. The van der Waals surface area contributed by atoms with Crippen molar-refractivity contribution in [2.24, 2.45) is 38.2 Å². The van der Waals surface area contributed by atoms with Crippen LogP contribution in [0.3, 0.4) is 0 Å². The summed E-state index contributed by atoms with van der Waals surface area (Å²) in [6.07, 6.45) is 18.0. The molecule has 0 saturated heterocycles. The molecule has 1 aliphatic carbocycles. The second kappa shape index (κ2) is 11.0. The van der Waals surface area contributed by atoms with Crippen LogP contribution in [-0.4, -0.2) is 35.1 Å². The first-order valence-corrected chi connectivity index (χ1v) is 11.8. The molecule has 0 saturated carbocycles. The Hall–Kier alpha value is -4.20. The van der Waals surface area contributed by atoms with E-state index in [2.05, 4.69) is 36.4 Å². The Kier molecular flexibility index (Phi) is 7.63. The first kappa shape index (κ1) is 24.9. The number of hydrogen-bond acceptors (Lipinski definition) is 4. The lowest BCUT2D eigenvalue weighted by Crippen LogP contribution is -2.35. The van der Waals surface area contributed by atoms with Gasteiger partial charge in [0, 0.05) is 12.1 Å². The number of aryl methyl sites for hydroxylation is 4. The van der Waals surface area contributed by atoms with E-state index < -0.39 is 0 Å². The van der Waals surface area contributed by atoms with E-state index in [-0.39, 0.29) is 0 Å². The van der Waals surface area contributed by atoms with Gasteiger partial charge in [-0.15, -0.1) is 0 Å². The molecular weight excluding hydrogens is 452 g/mol. The normalized spacial score (nSPS) is 14.4. The number of nitrogens with zero attached hydrogens (tertiary/aromatic N) is 6. The summed E-state index contributed by atoms with van der Waals surface area (Å²) >= 11 is 0. The summed E-state index contributed by atoms with van der Waals surface area (Å²) in [5, 5.41) is 0. The van der Waals surface area contributed by atoms with Crippen molar-refractivity contribution in [1.29, 1.82) is 0 Å². The average molecular weight is 487 g/mol. The van der Waals surface area contributed by atoms with Gasteiger partial charge >= 0.3 is 23.4 Å². The van der Waals surface area contributed by atoms with Gasteiger partial charge in [0.05, 0.1) is 48.1 Å². The first-order valence-electron chi connectivity index (χ1n) is 11.8. The highest BCUT2D eigenvalue weighted by atomic mass is 16.5. The van der Waals surface area contributed by atoms with Gasteiger partial charge in [-0.1, -0.05) is 30.4 Å². The lowest BCUT2D eigenvalue weighted by Gasteiger charge is -2.05. The topological polar surface area (TPSA) is 60.8 Å². The smallest absolute Gasteiger partial charge is 0.344 e. The Morgan fingerprint density at radius 3 is 1.97 bits per heavy atom. The standard InChI is InChI=1S/C28H34N6O2/c1-31-16-17-32(2)27(31)25(35-5)29-23-9-7-8-21(10-13-23)20-22-11-14-24(15-12-22)30-26(36-6)28-33(3)18-19-34(28)4/h7-8,10-19H,9,20H2,1-6H3/q+2/b29-25-,30-26-. The van der Waals surface area contributed by atoms with Crippen LogP contribution in [0.1, 0.15) is 23.6 Å². The minimum Gasteiger partial charge on any atom is -0.475 e. The molecule has 1 aromatic carbocycles.